The van der Waals surface area contributed by atoms with Crippen LogP contribution in [0.1, 0.15) is 6.42 Å². The number of ether oxygens (including phenoxy) is 1. The average molecular weight is 352 g/mol. The van der Waals surface area contributed by atoms with E-state index in [0.717, 1.165) is 32.7 Å². The van der Waals surface area contributed by atoms with Gasteiger partial charge >= 0.3 is 0 Å². The van der Waals surface area contributed by atoms with Gasteiger partial charge in [-0.1, -0.05) is 0 Å². The van der Waals surface area contributed by atoms with Gasteiger partial charge in [-0.3, -0.25) is 4.79 Å². The highest BCUT2D eigenvalue weighted by molar-refractivity contribution is 5.93. The smallest absolute Gasteiger partial charge is 0.230 e. The zero-order valence-corrected chi connectivity index (χ0v) is 14.6. The van der Waals surface area contributed by atoms with Crippen LogP contribution in [0.25, 0.3) is 0 Å². The molecule has 1 aromatic carbocycles. The molecule has 0 spiro atoms. The number of amides is 1. The van der Waals surface area contributed by atoms with Gasteiger partial charge < -0.3 is 35.5 Å². The molecule has 0 aromatic heterocycles. The number of piperazine rings is 1. The molecule has 1 aliphatic rings. The number of hydrogen-bond acceptors (Lipinski definition) is 4. The molecule has 8 nitrogen and oxygen atoms in total. The first-order chi connectivity index (χ1) is 12.1. The molecular weight excluding hydrogens is 324 g/mol. The van der Waals surface area contributed by atoms with Crippen molar-refractivity contribution in [1.82, 2.24) is 0 Å². The number of aliphatic carboxylic acids is 1. The van der Waals surface area contributed by atoms with E-state index in [4.69, 9.17) is 4.74 Å². The predicted molar refractivity (Wildman–Crippen MR) is 89.1 cm³/mol. The van der Waals surface area contributed by atoms with Gasteiger partial charge in [0.1, 0.15) is 51.1 Å². The monoisotopic (exact) mass is 352 g/mol. The van der Waals surface area contributed by atoms with Crippen LogP contribution in [0.4, 0.5) is 5.69 Å². The lowest BCUT2D eigenvalue weighted by atomic mass is 10.2. The van der Waals surface area contributed by atoms with Crippen LogP contribution in [0.3, 0.4) is 0 Å². The van der Waals surface area contributed by atoms with E-state index in [1.165, 1.54) is 4.90 Å². The van der Waals surface area contributed by atoms with E-state index in [0.29, 0.717) is 18.0 Å². The van der Waals surface area contributed by atoms with Crippen molar-refractivity contribution in [2.45, 2.75) is 12.5 Å². The maximum atomic E-state index is 12.1. The molecule has 0 radical (unpaired) electrons. The summed E-state index contributed by atoms with van der Waals surface area (Å²) in [5.41, 5.74) is 0.608. The second-order valence-electron chi connectivity index (χ2n) is 6.30. The Morgan fingerprint density at radius 3 is 2.60 bits per heavy atom. The minimum Gasteiger partial charge on any atom is -0.544 e. The van der Waals surface area contributed by atoms with E-state index in [1.807, 2.05) is 0 Å². The quantitative estimate of drug-likeness (QED) is 0.357. The number of benzene rings is 1. The van der Waals surface area contributed by atoms with Crippen molar-refractivity contribution in [2.75, 3.05) is 51.7 Å². The van der Waals surface area contributed by atoms with Gasteiger partial charge in [-0.2, -0.15) is 0 Å². The minimum absolute atomic E-state index is 0.114. The van der Waals surface area contributed by atoms with Gasteiger partial charge in [-0.15, -0.1) is 0 Å². The molecule has 8 heteroatoms. The Morgan fingerprint density at radius 2 is 2.00 bits per heavy atom. The number of carbonyl (C=O) groups is 2. The normalized spacial score (nSPS) is 16.2. The molecule has 2 rings (SSSR count). The molecule has 1 heterocycles. The Hall–Kier alpha value is -2.16. The van der Waals surface area contributed by atoms with Gasteiger partial charge in [0.25, 0.3) is 0 Å². The first-order valence-corrected chi connectivity index (χ1v) is 8.72. The van der Waals surface area contributed by atoms with Crippen LogP contribution in [0, 0.1) is 0 Å². The summed E-state index contributed by atoms with van der Waals surface area (Å²) in [6.07, 6.45) is -0.114. The number of quaternary nitrogens is 3. The third-order valence-electron chi connectivity index (χ3n) is 4.43. The summed E-state index contributed by atoms with van der Waals surface area (Å²) >= 11 is 0. The molecule has 0 saturated carbocycles. The number of carboxylic acid groups (broad SMARTS) is 1. The Bertz CT molecular complexity index is 558. The molecule has 138 valence electrons. The number of carboxylic acids is 1. The molecule has 1 saturated heterocycles. The highest BCUT2D eigenvalue weighted by atomic mass is 16.5. The van der Waals surface area contributed by atoms with Crippen LogP contribution in [-0.2, 0) is 9.59 Å². The average Bonchev–Trinajstić information content (AvgIpc) is 2.62. The second kappa shape index (κ2) is 9.97. The van der Waals surface area contributed by atoms with Gasteiger partial charge in [-0.05, 0) is 24.3 Å². The third kappa shape index (κ3) is 6.69. The topological polar surface area (TPSA) is 116 Å². The molecule has 1 fully saturated rings. The zero-order valence-electron chi connectivity index (χ0n) is 14.6. The minimum atomic E-state index is -1.20. The van der Waals surface area contributed by atoms with E-state index >= 15 is 0 Å². The number of methoxy groups -OCH3 is 1. The van der Waals surface area contributed by atoms with E-state index in [2.05, 4.69) is 10.6 Å². The molecule has 1 amide bonds. The lowest BCUT2D eigenvalue weighted by Crippen LogP contribution is -3.22. The first-order valence-electron chi connectivity index (χ1n) is 8.72. The number of anilines is 1. The highest BCUT2D eigenvalue weighted by Crippen LogP contribution is 2.15. The van der Waals surface area contributed by atoms with E-state index in [9.17, 15) is 14.7 Å². The summed E-state index contributed by atoms with van der Waals surface area (Å²) in [4.78, 5) is 24.9. The maximum Gasteiger partial charge on any atom is 0.230 e. The van der Waals surface area contributed by atoms with Crippen molar-refractivity contribution in [2.24, 2.45) is 0 Å². The van der Waals surface area contributed by atoms with Gasteiger partial charge in [-0.25, -0.2) is 0 Å². The maximum absolute atomic E-state index is 12.1. The number of nitrogens with two attached hydrogens (primary N) is 2. The SMILES string of the molecule is COc1ccc(NC(=O)C[C@@H]([NH2+]CC[NH+]2CC[NH2+]CC2)C(=O)[O-])cc1. The fraction of sp³-hybridized carbons (Fsp3) is 0.529. The van der Waals surface area contributed by atoms with E-state index in [-0.39, 0.29) is 12.3 Å². The summed E-state index contributed by atoms with van der Waals surface area (Å²) in [6, 6.07) is 6.03. The Labute approximate surface area is 147 Å². The molecule has 6 N–H and O–H groups in total. The molecule has 1 aliphatic heterocycles. The van der Waals surface area contributed by atoms with Crippen molar-refractivity contribution < 1.29 is 35.0 Å². The third-order valence-corrected chi connectivity index (χ3v) is 4.43. The second-order valence-corrected chi connectivity index (χ2v) is 6.30. The molecule has 0 aliphatic carbocycles. The van der Waals surface area contributed by atoms with Crippen molar-refractivity contribution in [3.8, 4) is 5.75 Å². The van der Waals surface area contributed by atoms with E-state index < -0.39 is 12.0 Å². The van der Waals surface area contributed by atoms with Gasteiger partial charge in [0.05, 0.1) is 19.5 Å². The standard InChI is InChI=1S/C17H26N4O4/c1-25-14-4-2-13(3-5-14)20-16(22)12-15(17(23)24)19-8-11-21-9-6-18-7-10-21/h2-5,15,18-19H,6-12H2,1H3,(H,20,22)(H,23,24)/p+2/t15-/m1/s1. The van der Waals surface area contributed by atoms with Crippen LogP contribution < -0.4 is 30.7 Å². The molecule has 1 atom stereocenters. The van der Waals surface area contributed by atoms with Crippen molar-refractivity contribution in [1.29, 1.82) is 0 Å². The largest absolute Gasteiger partial charge is 0.544 e. The summed E-state index contributed by atoms with van der Waals surface area (Å²) in [5, 5.41) is 18.0. The van der Waals surface area contributed by atoms with E-state index in [1.54, 1.807) is 36.7 Å². The van der Waals surface area contributed by atoms with Crippen LogP contribution in [0.15, 0.2) is 24.3 Å². The number of hydrogen-bond donors (Lipinski definition) is 4. The molecule has 0 unspecified atom stereocenters. The number of rotatable bonds is 9. The molecule has 25 heavy (non-hydrogen) atoms. The number of carbonyl (C=O) groups excluding carboxylic acids is 2. The van der Waals surface area contributed by atoms with Crippen molar-refractivity contribution in [3.63, 3.8) is 0 Å². The van der Waals surface area contributed by atoms with Gasteiger partial charge in [0.15, 0.2) is 0 Å². The Kier molecular flexibility index (Phi) is 7.65. The van der Waals surface area contributed by atoms with Crippen LogP contribution in [0.5, 0.6) is 5.75 Å². The van der Waals surface area contributed by atoms with Crippen LogP contribution in [0.2, 0.25) is 0 Å². The highest BCUT2D eigenvalue weighted by Gasteiger charge is 2.21. The fourth-order valence-electron chi connectivity index (χ4n) is 2.97. The van der Waals surface area contributed by atoms with Crippen LogP contribution in [-0.4, -0.2) is 64.3 Å². The summed E-state index contributed by atoms with van der Waals surface area (Å²) < 4.78 is 5.06. The lowest BCUT2D eigenvalue weighted by molar-refractivity contribution is -0.955. The predicted octanol–water partition coefficient (Wildman–Crippen LogP) is -4.83. The summed E-state index contributed by atoms with van der Waals surface area (Å²) in [5.74, 6) is -0.848. The van der Waals surface area contributed by atoms with Crippen molar-refractivity contribution >= 4 is 17.6 Å². The van der Waals surface area contributed by atoms with Gasteiger partial charge in [0, 0.05) is 5.69 Å². The van der Waals surface area contributed by atoms with Crippen LogP contribution >= 0.6 is 0 Å². The summed E-state index contributed by atoms with van der Waals surface area (Å²) in [7, 11) is 1.57. The summed E-state index contributed by atoms with van der Waals surface area (Å²) in [6.45, 7) is 6.00. The number of nitrogens with one attached hydrogen (secondary N) is 2. The van der Waals surface area contributed by atoms with Gasteiger partial charge in [0.2, 0.25) is 5.91 Å². The Morgan fingerprint density at radius 1 is 1.32 bits per heavy atom. The molecular formula is C17H28N4O4+2. The molecule has 1 aromatic rings. The molecule has 0 bridgehead atoms. The lowest BCUT2D eigenvalue weighted by Gasteiger charge is -2.22. The fourth-order valence-corrected chi connectivity index (χ4v) is 2.97. The van der Waals surface area contributed by atoms with Crippen molar-refractivity contribution in [3.05, 3.63) is 24.3 Å². The Balaban J connectivity index is 1.76. The zero-order chi connectivity index (χ0) is 18.1. The first kappa shape index (κ1) is 19.2.